The summed E-state index contributed by atoms with van der Waals surface area (Å²) in [7, 11) is 0. The van der Waals surface area contributed by atoms with Crippen LogP contribution in [0.5, 0.6) is 0 Å². The normalized spacial score (nSPS) is 9.20. The summed E-state index contributed by atoms with van der Waals surface area (Å²) in [4.78, 5) is 0. The van der Waals surface area contributed by atoms with Crippen LogP contribution >= 0.6 is 11.6 Å². The third-order valence-electron chi connectivity index (χ3n) is 2.18. The highest BCUT2D eigenvalue weighted by Gasteiger charge is 2.11. The van der Waals surface area contributed by atoms with E-state index in [4.69, 9.17) is 22.7 Å². The lowest BCUT2D eigenvalue weighted by Crippen LogP contribution is -2.03. The van der Waals surface area contributed by atoms with Crippen molar-refractivity contribution >= 4 is 23.0 Å². The second-order valence-electron chi connectivity index (χ2n) is 3.22. The van der Waals surface area contributed by atoms with Gasteiger partial charge in [0, 0.05) is 17.0 Å². The molecule has 3 heteroatoms. The molecule has 1 aromatic rings. The van der Waals surface area contributed by atoms with Crippen molar-refractivity contribution in [2.75, 3.05) is 5.73 Å². The van der Waals surface area contributed by atoms with Crippen LogP contribution in [0, 0.1) is 19.3 Å². The topological polar surface area (TPSA) is 49.9 Å². The van der Waals surface area contributed by atoms with Gasteiger partial charge in [-0.1, -0.05) is 25.4 Å². The smallest absolute Gasteiger partial charge is 0.0548 e. The minimum absolute atomic E-state index is 0.408. The van der Waals surface area contributed by atoms with Gasteiger partial charge in [0.25, 0.3) is 0 Å². The highest BCUT2D eigenvalue weighted by molar-refractivity contribution is 6.35. The Morgan fingerprint density at radius 3 is 2.20 bits per heavy atom. The summed E-state index contributed by atoms with van der Waals surface area (Å²) in [6, 6.07) is 1.86. The molecular weight excluding hydrogens is 208 g/mol. The quantitative estimate of drug-likeness (QED) is 0.553. The number of aryl methyl sites for hydroxylation is 1. The van der Waals surface area contributed by atoms with Crippen LogP contribution in [-0.4, -0.2) is 5.71 Å². The summed E-state index contributed by atoms with van der Waals surface area (Å²) < 4.78 is 0. The van der Waals surface area contributed by atoms with Crippen molar-refractivity contribution in [2.24, 2.45) is 0 Å². The molecule has 0 bridgehead atoms. The van der Waals surface area contributed by atoms with Gasteiger partial charge in [0.2, 0.25) is 0 Å². The largest absolute Gasteiger partial charge is 0.398 e. The Morgan fingerprint density at radius 2 is 1.80 bits per heavy atom. The van der Waals surface area contributed by atoms with E-state index in [0.717, 1.165) is 11.1 Å². The molecule has 0 radical (unpaired) electrons. The maximum Gasteiger partial charge on any atom is 0.0548 e. The molecule has 1 rings (SSSR count). The Balaban J connectivity index is 0.000000921. The Morgan fingerprint density at radius 1 is 1.33 bits per heavy atom. The minimum Gasteiger partial charge on any atom is -0.398 e. The van der Waals surface area contributed by atoms with E-state index < -0.39 is 0 Å². The molecule has 0 saturated heterocycles. The monoisotopic (exact) mass is 226 g/mol. The van der Waals surface area contributed by atoms with Crippen LogP contribution in [0.15, 0.2) is 6.07 Å². The molecular formula is C12H19ClN2. The molecule has 0 fully saturated rings. The van der Waals surface area contributed by atoms with E-state index in [2.05, 4.69) is 0 Å². The Bertz CT molecular complexity index is 370. The third kappa shape index (κ3) is 2.96. The van der Waals surface area contributed by atoms with Crippen LogP contribution in [0.3, 0.4) is 0 Å². The third-order valence-corrected chi connectivity index (χ3v) is 2.65. The average Bonchev–Trinajstić information content (AvgIpc) is 2.17. The molecule has 0 aromatic heterocycles. The lowest BCUT2D eigenvalue weighted by molar-refractivity contribution is 1.32. The fourth-order valence-electron chi connectivity index (χ4n) is 1.28. The molecule has 0 aliphatic heterocycles. The summed E-state index contributed by atoms with van der Waals surface area (Å²) in [5.74, 6) is 0. The summed E-state index contributed by atoms with van der Waals surface area (Å²) in [6.45, 7) is 9.58. The second-order valence-corrected chi connectivity index (χ2v) is 3.60. The zero-order valence-corrected chi connectivity index (χ0v) is 10.8. The minimum atomic E-state index is 0.408. The highest BCUT2D eigenvalue weighted by atomic mass is 35.5. The van der Waals surface area contributed by atoms with E-state index in [1.165, 1.54) is 0 Å². The first kappa shape index (κ1) is 14.0. The van der Waals surface area contributed by atoms with Gasteiger partial charge >= 0.3 is 0 Å². The predicted octanol–water partition coefficient (Wildman–Crippen LogP) is 3.95. The predicted molar refractivity (Wildman–Crippen MR) is 69.2 cm³/mol. The molecule has 0 aliphatic rings. The maximum absolute atomic E-state index is 7.52. The molecule has 0 spiro atoms. The lowest BCUT2D eigenvalue weighted by Gasteiger charge is -2.11. The van der Waals surface area contributed by atoms with Gasteiger partial charge in [0.15, 0.2) is 0 Å². The van der Waals surface area contributed by atoms with Crippen LogP contribution in [0.4, 0.5) is 5.69 Å². The van der Waals surface area contributed by atoms with E-state index in [9.17, 15) is 0 Å². The van der Waals surface area contributed by atoms with Crippen LogP contribution in [0.1, 0.15) is 37.5 Å². The summed E-state index contributed by atoms with van der Waals surface area (Å²) in [5.41, 5.74) is 9.48. The van der Waals surface area contributed by atoms with Gasteiger partial charge < -0.3 is 11.1 Å². The molecule has 0 amide bonds. The van der Waals surface area contributed by atoms with Crippen molar-refractivity contribution < 1.29 is 0 Å². The van der Waals surface area contributed by atoms with E-state index in [1.807, 2.05) is 33.8 Å². The number of hydrogen-bond acceptors (Lipinski definition) is 2. The van der Waals surface area contributed by atoms with E-state index in [0.29, 0.717) is 22.0 Å². The van der Waals surface area contributed by atoms with Gasteiger partial charge in [-0.15, -0.1) is 0 Å². The number of nitrogens with two attached hydrogens (primary N) is 1. The number of halogens is 1. The maximum atomic E-state index is 7.52. The molecule has 0 aliphatic carbocycles. The van der Waals surface area contributed by atoms with Crippen LogP contribution in [0.2, 0.25) is 5.02 Å². The number of rotatable bonds is 1. The molecule has 0 saturated carbocycles. The van der Waals surface area contributed by atoms with Gasteiger partial charge in [-0.2, -0.15) is 0 Å². The Kier molecular flexibility index (Phi) is 5.37. The van der Waals surface area contributed by atoms with E-state index in [-0.39, 0.29) is 0 Å². The molecule has 15 heavy (non-hydrogen) atoms. The highest BCUT2D eigenvalue weighted by Crippen LogP contribution is 2.29. The SMILES string of the molecule is CC.CC(=N)c1c(N)cc(C)c(C)c1Cl. The van der Waals surface area contributed by atoms with Crippen molar-refractivity contribution in [1.82, 2.24) is 0 Å². The van der Waals surface area contributed by atoms with Crippen molar-refractivity contribution in [3.8, 4) is 0 Å². The Labute approximate surface area is 97.0 Å². The van der Waals surface area contributed by atoms with Crippen LogP contribution in [-0.2, 0) is 0 Å². The van der Waals surface area contributed by atoms with Crippen molar-refractivity contribution in [3.05, 3.63) is 27.8 Å². The van der Waals surface area contributed by atoms with Crippen molar-refractivity contribution in [1.29, 1.82) is 5.41 Å². The molecule has 3 N–H and O–H groups in total. The van der Waals surface area contributed by atoms with Crippen LogP contribution in [0.25, 0.3) is 0 Å². The van der Waals surface area contributed by atoms with Gasteiger partial charge in [-0.25, -0.2) is 0 Å². The lowest BCUT2D eigenvalue weighted by atomic mass is 10.0. The van der Waals surface area contributed by atoms with Gasteiger partial charge in [-0.3, -0.25) is 0 Å². The van der Waals surface area contributed by atoms with Crippen molar-refractivity contribution in [2.45, 2.75) is 34.6 Å². The fraction of sp³-hybridized carbons (Fsp3) is 0.417. The van der Waals surface area contributed by atoms with E-state index >= 15 is 0 Å². The second kappa shape index (κ2) is 5.76. The van der Waals surface area contributed by atoms with E-state index in [1.54, 1.807) is 6.92 Å². The summed E-state index contributed by atoms with van der Waals surface area (Å²) in [6.07, 6.45) is 0. The van der Waals surface area contributed by atoms with Crippen molar-refractivity contribution in [3.63, 3.8) is 0 Å². The number of nitrogen functional groups attached to an aromatic ring is 1. The summed E-state index contributed by atoms with van der Waals surface area (Å²) in [5, 5.41) is 8.12. The molecule has 0 heterocycles. The average molecular weight is 227 g/mol. The number of hydrogen-bond donors (Lipinski definition) is 2. The van der Waals surface area contributed by atoms with Gasteiger partial charge in [0.05, 0.1) is 5.02 Å². The van der Waals surface area contributed by atoms with Gasteiger partial charge in [0.1, 0.15) is 0 Å². The standard InChI is InChI=1S/C10H13ClN2.C2H6/c1-5-4-8(13)9(7(3)12)10(11)6(5)2;1-2/h4,12H,13H2,1-3H3;1-2H3. The zero-order valence-electron chi connectivity index (χ0n) is 10.0. The molecule has 1 aromatic carbocycles. The van der Waals surface area contributed by atoms with Gasteiger partial charge in [-0.05, 0) is 38.0 Å². The molecule has 2 nitrogen and oxygen atoms in total. The first-order valence-electron chi connectivity index (χ1n) is 5.06. The Hall–Kier alpha value is -1.02. The number of anilines is 1. The zero-order chi connectivity index (χ0) is 12.2. The first-order valence-corrected chi connectivity index (χ1v) is 5.43. The molecule has 0 unspecified atom stereocenters. The fourth-order valence-corrected chi connectivity index (χ4v) is 1.68. The first-order chi connectivity index (χ1) is 6.95. The number of nitrogens with one attached hydrogen (secondary N) is 1. The molecule has 0 atom stereocenters. The summed E-state index contributed by atoms with van der Waals surface area (Å²) >= 11 is 6.08. The number of benzene rings is 1. The van der Waals surface area contributed by atoms with Crippen LogP contribution < -0.4 is 5.73 Å². The molecule has 84 valence electrons.